The number of hydrogen-bond donors (Lipinski definition) is 1. The number of nitrogens with one attached hydrogen (secondary N) is 1. The van der Waals surface area contributed by atoms with E-state index in [1.165, 1.54) is 0 Å². The molecular weight excluding hydrogens is 267 g/mol. The Morgan fingerprint density at radius 2 is 2.20 bits per heavy atom. The molecule has 1 unspecified atom stereocenters. The average Bonchev–Trinajstić information content (AvgIpc) is 3.01. The summed E-state index contributed by atoms with van der Waals surface area (Å²) in [7, 11) is 0. The second kappa shape index (κ2) is 5.60. The molecule has 0 fully saturated rings. The molecule has 0 bridgehead atoms. The Morgan fingerprint density at radius 1 is 1.45 bits per heavy atom. The van der Waals surface area contributed by atoms with E-state index >= 15 is 0 Å². The topological polar surface area (TPSA) is 77.9 Å². The van der Waals surface area contributed by atoms with Gasteiger partial charge in [-0.05, 0) is 37.1 Å². The van der Waals surface area contributed by atoms with Crippen LogP contribution >= 0.6 is 0 Å². The number of aryl methyl sites for hydroxylation is 1. The van der Waals surface area contributed by atoms with Gasteiger partial charge < -0.3 is 19.5 Å². The maximum Gasteiger partial charge on any atom is 1.00 e. The van der Waals surface area contributed by atoms with E-state index in [2.05, 4.69) is 4.98 Å². The van der Waals surface area contributed by atoms with Gasteiger partial charge >= 0.3 is 29.6 Å². The van der Waals surface area contributed by atoms with Crippen molar-refractivity contribution in [3.63, 3.8) is 0 Å². The van der Waals surface area contributed by atoms with Crippen LogP contribution in [0.2, 0.25) is 0 Å². The van der Waals surface area contributed by atoms with Crippen LogP contribution in [0.15, 0.2) is 24.4 Å². The predicted octanol–water partition coefficient (Wildman–Crippen LogP) is -2.40. The predicted molar refractivity (Wildman–Crippen MR) is 65.8 cm³/mol. The number of ketones is 1. The van der Waals surface area contributed by atoms with Crippen LogP contribution < -0.4 is 34.7 Å². The third-order valence-corrected chi connectivity index (χ3v) is 3.66. The molecule has 98 valence electrons. The minimum Gasteiger partial charge on any atom is -0.549 e. The molecule has 0 aromatic carbocycles. The van der Waals surface area contributed by atoms with Crippen molar-refractivity contribution in [1.82, 2.24) is 9.55 Å². The van der Waals surface area contributed by atoms with Crippen LogP contribution in [-0.2, 0) is 11.3 Å². The largest absolute Gasteiger partial charge is 1.00 e. The molecule has 20 heavy (non-hydrogen) atoms. The van der Waals surface area contributed by atoms with Crippen molar-refractivity contribution >= 4 is 11.8 Å². The van der Waals surface area contributed by atoms with E-state index < -0.39 is 11.9 Å². The Labute approximate surface area is 138 Å². The summed E-state index contributed by atoms with van der Waals surface area (Å²) in [6, 6.07) is 5.26. The van der Waals surface area contributed by atoms with E-state index in [4.69, 9.17) is 0 Å². The number of aliphatic carboxylic acids is 1. The quantitative estimate of drug-likeness (QED) is 0.503. The molecule has 1 aliphatic heterocycles. The minimum absolute atomic E-state index is 0. The average molecular weight is 280 g/mol. The number of carbonyl (C=O) groups excluding carboxylic acids is 2. The van der Waals surface area contributed by atoms with Crippen LogP contribution in [0.4, 0.5) is 0 Å². The van der Waals surface area contributed by atoms with E-state index in [1.54, 1.807) is 29.0 Å². The first-order chi connectivity index (χ1) is 9.09. The maximum absolute atomic E-state index is 12.4. The number of aromatic amines is 1. The molecule has 3 heterocycles. The van der Waals surface area contributed by atoms with E-state index in [9.17, 15) is 14.7 Å². The monoisotopic (exact) mass is 280 g/mol. The van der Waals surface area contributed by atoms with Gasteiger partial charge in [0.25, 0.3) is 0 Å². The first kappa shape index (κ1) is 15.1. The molecule has 2 aromatic rings. The summed E-state index contributed by atoms with van der Waals surface area (Å²) in [6.45, 7) is 2.37. The standard InChI is InChI=1S/C14H14N2O3.Na/c1-8-7-11-9(14(18)19)4-6-16(11)12(8)13(17)10-3-2-5-15-10;/h2-3,5,7,9,15H,4,6H2,1H3,(H,18,19);/q;+1/p-1. The number of rotatable bonds is 3. The second-order valence-electron chi connectivity index (χ2n) is 4.83. The summed E-state index contributed by atoms with van der Waals surface area (Å²) in [5.41, 5.74) is 2.56. The normalized spacial score (nSPS) is 16.6. The molecule has 0 saturated carbocycles. The van der Waals surface area contributed by atoms with Crippen molar-refractivity contribution in [2.75, 3.05) is 0 Å². The zero-order valence-corrected chi connectivity index (χ0v) is 13.5. The number of hydrogen-bond acceptors (Lipinski definition) is 3. The van der Waals surface area contributed by atoms with Gasteiger partial charge in [-0.2, -0.15) is 0 Å². The van der Waals surface area contributed by atoms with E-state index in [0.717, 1.165) is 5.56 Å². The summed E-state index contributed by atoms with van der Waals surface area (Å²) in [6.07, 6.45) is 2.18. The number of carboxylic acid groups (broad SMARTS) is 1. The third-order valence-electron chi connectivity index (χ3n) is 3.66. The van der Waals surface area contributed by atoms with E-state index in [0.29, 0.717) is 30.0 Å². The van der Waals surface area contributed by atoms with E-state index in [-0.39, 0.29) is 35.3 Å². The van der Waals surface area contributed by atoms with Crippen molar-refractivity contribution in [2.24, 2.45) is 0 Å². The van der Waals surface area contributed by atoms with Crippen molar-refractivity contribution in [3.8, 4) is 0 Å². The van der Waals surface area contributed by atoms with Gasteiger partial charge in [0, 0.05) is 24.4 Å². The van der Waals surface area contributed by atoms with Crippen LogP contribution in [0.1, 0.15) is 39.8 Å². The molecule has 3 rings (SSSR count). The number of fused-ring (bicyclic) bond motifs is 1. The number of H-pyrrole nitrogens is 1. The zero-order chi connectivity index (χ0) is 13.6. The van der Waals surface area contributed by atoms with Gasteiger partial charge in [-0.15, -0.1) is 0 Å². The molecule has 0 radical (unpaired) electrons. The smallest absolute Gasteiger partial charge is 0.549 e. The second-order valence-corrected chi connectivity index (χ2v) is 4.83. The molecule has 0 aliphatic carbocycles. The van der Waals surface area contributed by atoms with Crippen molar-refractivity contribution in [1.29, 1.82) is 0 Å². The summed E-state index contributed by atoms with van der Waals surface area (Å²) in [5, 5.41) is 11.1. The van der Waals surface area contributed by atoms with Gasteiger partial charge in [0.1, 0.15) is 0 Å². The van der Waals surface area contributed by atoms with Crippen LogP contribution in [-0.4, -0.2) is 21.3 Å². The maximum atomic E-state index is 12.4. The van der Waals surface area contributed by atoms with Gasteiger partial charge in [0.2, 0.25) is 5.78 Å². The van der Waals surface area contributed by atoms with Gasteiger partial charge in [-0.1, -0.05) is 0 Å². The molecular formula is C14H13N2NaO3. The van der Waals surface area contributed by atoms with Crippen molar-refractivity contribution in [3.05, 3.63) is 47.0 Å². The minimum atomic E-state index is -1.07. The van der Waals surface area contributed by atoms with Crippen LogP contribution in [0.3, 0.4) is 0 Å². The molecule has 0 saturated heterocycles. The Bertz CT molecular complexity index is 658. The van der Waals surface area contributed by atoms with Gasteiger partial charge in [0.05, 0.1) is 17.4 Å². The molecule has 6 heteroatoms. The van der Waals surface area contributed by atoms with Crippen molar-refractivity contribution in [2.45, 2.75) is 25.8 Å². The Morgan fingerprint density at radius 3 is 2.80 bits per heavy atom. The fourth-order valence-corrected chi connectivity index (χ4v) is 2.79. The number of carboxylic acids is 1. The first-order valence-electron chi connectivity index (χ1n) is 6.18. The molecule has 1 N–H and O–H groups in total. The number of aromatic nitrogens is 2. The molecule has 2 aromatic heterocycles. The summed E-state index contributed by atoms with van der Waals surface area (Å²) < 4.78 is 1.80. The van der Waals surface area contributed by atoms with Gasteiger partial charge in [0.15, 0.2) is 0 Å². The Balaban J connectivity index is 0.00000147. The Hall–Kier alpha value is -1.30. The first-order valence-corrected chi connectivity index (χ1v) is 6.18. The fraction of sp³-hybridized carbons (Fsp3) is 0.286. The molecule has 0 amide bonds. The SMILES string of the molecule is Cc1cc2n(c1C(=O)c1ccc[nH]1)CCC2C(=O)[O-].[Na+]. The number of nitrogens with zero attached hydrogens (tertiary/aromatic N) is 1. The van der Waals surface area contributed by atoms with Crippen LogP contribution in [0.25, 0.3) is 0 Å². The Kier molecular flexibility index (Phi) is 4.22. The molecule has 1 atom stereocenters. The molecule has 5 nitrogen and oxygen atoms in total. The third kappa shape index (κ3) is 2.26. The number of carbonyl (C=O) groups is 2. The summed E-state index contributed by atoms with van der Waals surface area (Å²) >= 11 is 0. The fourth-order valence-electron chi connectivity index (χ4n) is 2.79. The summed E-state index contributed by atoms with van der Waals surface area (Å²) in [4.78, 5) is 26.4. The van der Waals surface area contributed by atoms with Crippen LogP contribution in [0, 0.1) is 6.92 Å². The molecule has 1 aliphatic rings. The van der Waals surface area contributed by atoms with Gasteiger partial charge in [-0.3, -0.25) is 4.79 Å². The molecule has 0 spiro atoms. The van der Waals surface area contributed by atoms with Gasteiger partial charge in [-0.25, -0.2) is 0 Å². The van der Waals surface area contributed by atoms with E-state index in [1.807, 2.05) is 6.92 Å². The van der Waals surface area contributed by atoms with Crippen LogP contribution in [0.5, 0.6) is 0 Å². The van der Waals surface area contributed by atoms with Crippen molar-refractivity contribution < 1.29 is 44.3 Å². The summed E-state index contributed by atoms with van der Waals surface area (Å²) in [5.74, 6) is -1.79. The zero-order valence-electron chi connectivity index (χ0n) is 11.5.